The van der Waals surface area contributed by atoms with Crippen LogP contribution < -0.4 is 14.4 Å². The first-order chi connectivity index (χ1) is 13.6. The van der Waals surface area contributed by atoms with Crippen LogP contribution >= 0.6 is 0 Å². The Morgan fingerprint density at radius 3 is 2.41 bits per heavy atom. The van der Waals surface area contributed by atoms with Gasteiger partial charge in [0.2, 0.25) is 5.09 Å². The van der Waals surface area contributed by atoms with Crippen molar-refractivity contribution in [1.29, 1.82) is 5.26 Å². The molecule has 156 valence electrons. The summed E-state index contributed by atoms with van der Waals surface area (Å²) in [6.07, 6.45) is 0.108. The van der Waals surface area contributed by atoms with Gasteiger partial charge < -0.3 is 14.1 Å². The van der Waals surface area contributed by atoms with Crippen molar-refractivity contribution in [3.63, 3.8) is 0 Å². The predicted molar refractivity (Wildman–Crippen MR) is 108 cm³/mol. The predicted octanol–water partition coefficient (Wildman–Crippen LogP) is 3.32. The number of furan rings is 1. The molecule has 2 rings (SSSR count). The molecular weight excluding hydrogens is 394 g/mol. The van der Waals surface area contributed by atoms with Crippen molar-refractivity contribution >= 4 is 21.6 Å². The van der Waals surface area contributed by atoms with E-state index in [1.165, 1.54) is 17.0 Å². The van der Waals surface area contributed by atoms with Crippen LogP contribution in [0.1, 0.15) is 44.7 Å². The quantitative estimate of drug-likeness (QED) is 0.702. The highest BCUT2D eigenvalue weighted by Gasteiger charge is 2.28. The van der Waals surface area contributed by atoms with Crippen LogP contribution in [-0.2, 0) is 10.0 Å². The van der Waals surface area contributed by atoms with Gasteiger partial charge in [-0.05, 0) is 64.1 Å². The van der Waals surface area contributed by atoms with E-state index in [0.717, 1.165) is 0 Å². The van der Waals surface area contributed by atoms with Crippen molar-refractivity contribution in [3.8, 4) is 11.8 Å². The van der Waals surface area contributed by atoms with Gasteiger partial charge in [0, 0.05) is 17.8 Å². The molecule has 1 aromatic carbocycles. The second-order valence-electron chi connectivity index (χ2n) is 7.27. The molecule has 0 radical (unpaired) electrons. The lowest BCUT2D eigenvalue weighted by atomic mass is 10.1. The first kappa shape index (κ1) is 22.5. The summed E-state index contributed by atoms with van der Waals surface area (Å²) in [4.78, 5) is 14.3. The minimum Gasteiger partial charge on any atom is -0.494 e. The molecule has 1 aromatic heterocycles. The number of ether oxygens (including phenoxy) is 1. The van der Waals surface area contributed by atoms with Gasteiger partial charge in [0.25, 0.3) is 15.9 Å². The van der Waals surface area contributed by atoms with Gasteiger partial charge in [-0.1, -0.05) is 0 Å². The van der Waals surface area contributed by atoms with Crippen LogP contribution in [-0.4, -0.2) is 33.0 Å². The van der Waals surface area contributed by atoms with Crippen molar-refractivity contribution in [3.05, 3.63) is 42.2 Å². The number of anilines is 1. The molecule has 0 unspecified atom stereocenters. The third-order valence-corrected chi connectivity index (χ3v) is 5.28. The second-order valence-corrected chi connectivity index (χ2v) is 8.88. The van der Waals surface area contributed by atoms with Crippen LogP contribution in [0.2, 0.25) is 0 Å². The van der Waals surface area contributed by atoms with Gasteiger partial charge in [-0.2, -0.15) is 5.26 Å². The normalized spacial score (nSPS) is 11.7. The molecule has 1 heterocycles. The van der Waals surface area contributed by atoms with E-state index in [1.54, 1.807) is 45.0 Å². The largest absolute Gasteiger partial charge is 0.494 e. The molecule has 1 amide bonds. The number of nitriles is 1. The zero-order valence-electron chi connectivity index (χ0n) is 16.9. The molecule has 0 bridgehead atoms. The van der Waals surface area contributed by atoms with Gasteiger partial charge in [0.15, 0.2) is 5.76 Å². The Morgan fingerprint density at radius 1 is 1.21 bits per heavy atom. The number of hydrogen-bond acceptors (Lipinski definition) is 6. The SMILES string of the molecule is CCOc1ccc(N(CCC#N)C(=O)c2ccc(S(=O)(=O)NC(C)(C)C)o2)cc1. The molecule has 2 aromatic rings. The first-order valence-electron chi connectivity index (χ1n) is 9.13. The van der Waals surface area contributed by atoms with Crippen LogP contribution in [0.5, 0.6) is 5.75 Å². The van der Waals surface area contributed by atoms with E-state index < -0.39 is 21.5 Å². The van der Waals surface area contributed by atoms with Crippen molar-refractivity contribution in [1.82, 2.24) is 4.72 Å². The summed E-state index contributed by atoms with van der Waals surface area (Å²) >= 11 is 0. The van der Waals surface area contributed by atoms with Gasteiger partial charge in [0.1, 0.15) is 5.75 Å². The maximum atomic E-state index is 13.0. The molecule has 0 aliphatic heterocycles. The van der Waals surface area contributed by atoms with Crippen molar-refractivity contribution < 1.29 is 22.4 Å². The lowest BCUT2D eigenvalue weighted by Gasteiger charge is -2.21. The smallest absolute Gasteiger partial charge is 0.294 e. The number of amides is 1. The third-order valence-electron chi connectivity index (χ3n) is 3.65. The van der Waals surface area contributed by atoms with E-state index in [9.17, 15) is 13.2 Å². The van der Waals surface area contributed by atoms with Gasteiger partial charge in [-0.15, -0.1) is 0 Å². The lowest BCUT2D eigenvalue weighted by molar-refractivity contribution is 0.0955. The fourth-order valence-electron chi connectivity index (χ4n) is 2.56. The molecule has 29 heavy (non-hydrogen) atoms. The molecule has 0 saturated heterocycles. The summed E-state index contributed by atoms with van der Waals surface area (Å²) in [6, 6.07) is 11.4. The van der Waals surface area contributed by atoms with Crippen molar-refractivity contribution in [2.45, 2.75) is 44.7 Å². The highest BCUT2D eigenvalue weighted by molar-refractivity contribution is 7.89. The van der Waals surface area contributed by atoms with Gasteiger partial charge in [-0.25, -0.2) is 13.1 Å². The van der Waals surface area contributed by atoms with Crippen LogP contribution in [0.3, 0.4) is 0 Å². The Morgan fingerprint density at radius 2 is 1.86 bits per heavy atom. The summed E-state index contributed by atoms with van der Waals surface area (Å²) in [6.45, 7) is 7.63. The third kappa shape index (κ3) is 6.07. The van der Waals surface area contributed by atoms with E-state index in [4.69, 9.17) is 14.4 Å². The van der Waals surface area contributed by atoms with E-state index in [1.807, 2.05) is 13.0 Å². The number of rotatable bonds is 8. The summed E-state index contributed by atoms with van der Waals surface area (Å²) in [7, 11) is -3.91. The molecule has 9 heteroatoms. The maximum absolute atomic E-state index is 13.0. The Hall–Kier alpha value is -2.83. The van der Waals surface area contributed by atoms with Gasteiger partial charge >= 0.3 is 0 Å². The molecule has 0 aliphatic carbocycles. The van der Waals surface area contributed by atoms with Gasteiger partial charge in [0.05, 0.1) is 19.1 Å². The monoisotopic (exact) mass is 419 g/mol. The maximum Gasteiger partial charge on any atom is 0.294 e. The van der Waals surface area contributed by atoms with Crippen LogP contribution in [0.4, 0.5) is 5.69 Å². The summed E-state index contributed by atoms with van der Waals surface area (Å²) in [5.74, 6) is -0.0173. The summed E-state index contributed by atoms with van der Waals surface area (Å²) in [5, 5.41) is 8.58. The topological polar surface area (TPSA) is 113 Å². The summed E-state index contributed by atoms with van der Waals surface area (Å²) < 4.78 is 38.0. The number of benzene rings is 1. The zero-order valence-corrected chi connectivity index (χ0v) is 17.7. The van der Waals surface area contributed by atoms with Gasteiger partial charge in [-0.3, -0.25) is 4.79 Å². The molecule has 0 aliphatic rings. The fourth-order valence-corrected chi connectivity index (χ4v) is 3.92. The minimum atomic E-state index is -3.91. The first-order valence-corrected chi connectivity index (χ1v) is 10.6. The van der Waals surface area contributed by atoms with Crippen molar-refractivity contribution in [2.24, 2.45) is 0 Å². The van der Waals surface area contributed by atoms with E-state index in [2.05, 4.69) is 4.72 Å². The number of carbonyl (C=O) groups is 1. The molecule has 1 N–H and O–H groups in total. The molecule has 8 nitrogen and oxygen atoms in total. The number of nitrogens with one attached hydrogen (secondary N) is 1. The minimum absolute atomic E-state index is 0.108. The summed E-state index contributed by atoms with van der Waals surface area (Å²) in [5.41, 5.74) is -0.154. The number of carbonyl (C=O) groups excluding carboxylic acids is 1. The fraction of sp³-hybridized carbons (Fsp3) is 0.400. The zero-order chi connectivity index (χ0) is 21.7. The lowest BCUT2D eigenvalue weighted by Crippen LogP contribution is -2.40. The highest BCUT2D eigenvalue weighted by atomic mass is 32.2. The van der Waals surface area contributed by atoms with E-state index >= 15 is 0 Å². The molecule has 0 spiro atoms. The van der Waals surface area contributed by atoms with E-state index in [0.29, 0.717) is 18.0 Å². The Balaban J connectivity index is 2.30. The number of sulfonamides is 1. The van der Waals surface area contributed by atoms with Crippen LogP contribution in [0.15, 0.2) is 45.9 Å². The van der Waals surface area contributed by atoms with Crippen LogP contribution in [0, 0.1) is 11.3 Å². The highest BCUT2D eigenvalue weighted by Crippen LogP contribution is 2.24. The average molecular weight is 420 g/mol. The molecular formula is C20H25N3O5S. The Kier molecular flexibility index (Phi) is 7.06. The number of hydrogen-bond donors (Lipinski definition) is 1. The molecule has 0 atom stereocenters. The number of nitrogens with zero attached hydrogens (tertiary/aromatic N) is 2. The van der Waals surface area contributed by atoms with E-state index in [-0.39, 0.29) is 23.8 Å². The van der Waals surface area contributed by atoms with Crippen molar-refractivity contribution in [2.75, 3.05) is 18.1 Å². The Labute approximate surface area is 171 Å². The second kappa shape index (κ2) is 9.11. The average Bonchev–Trinajstić information content (AvgIpc) is 3.12. The van der Waals surface area contributed by atoms with Crippen LogP contribution in [0.25, 0.3) is 0 Å². The molecule has 0 saturated carbocycles. The molecule has 0 fully saturated rings. The standard InChI is InChI=1S/C20H25N3O5S/c1-5-27-16-9-7-15(8-10-16)23(14-6-13-21)19(24)17-11-12-18(28-17)29(25,26)22-20(2,3)4/h7-12,22H,5-6,14H2,1-4H3. The Bertz CT molecular complexity index is 982.